The van der Waals surface area contributed by atoms with Crippen LogP contribution in [0.5, 0.6) is 0 Å². The van der Waals surface area contributed by atoms with Crippen molar-refractivity contribution in [3.63, 3.8) is 0 Å². The molecule has 0 saturated heterocycles. The van der Waals surface area contributed by atoms with Gasteiger partial charge in [0.15, 0.2) is 0 Å². The minimum atomic E-state index is -0.850. The number of amides is 2. The van der Waals surface area contributed by atoms with Crippen molar-refractivity contribution in [1.29, 1.82) is 0 Å². The summed E-state index contributed by atoms with van der Waals surface area (Å²) in [6.45, 7) is 0.412. The fourth-order valence-electron chi connectivity index (χ4n) is 1.48. The number of hydrogen-bond donors (Lipinski definition) is 1. The highest BCUT2D eigenvalue weighted by atomic mass is 16.4. The van der Waals surface area contributed by atoms with Crippen molar-refractivity contribution in [2.75, 3.05) is 25.5 Å². The van der Waals surface area contributed by atoms with Gasteiger partial charge in [-0.25, -0.2) is 4.79 Å². The molecule has 0 aliphatic rings. The summed E-state index contributed by atoms with van der Waals surface area (Å²) in [7, 11) is 3.31. The van der Waals surface area contributed by atoms with E-state index in [1.807, 2.05) is 0 Å². The van der Waals surface area contributed by atoms with Crippen LogP contribution >= 0.6 is 0 Å². The number of carboxylic acids is 1. The molecular weight excluding hydrogens is 234 g/mol. The number of anilines is 1. The fourth-order valence-corrected chi connectivity index (χ4v) is 1.48. The largest absolute Gasteiger partial charge is 0.481 e. The molecule has 0 aliphatic heterocycles. The van der Waals surface area contributed by atoms with Gasteiger partial charge in [0.25, 0.3) is 0 Å². The van der Waals surface area contributed by atoms with E-state index in [2.05, 4.69) is 4.98 Å². The molecule has 18 heavy (non-hydrogen) atoms. The van der Waals surface area contributed by atoms with Gasteiger partial charge in [0.1, 0.15) is 0 Å². The number of urea groups is 1. The van der Waals surface area contributed by atoms with Crippen molar-refractivity contribution < 1.29 is 14.7 Å². The molecule has 0 aliphatic carbocycles. The molecule has 6 nitrogen and oxygen atoms in total. The Morgan fingerprint density at radius 1 is 1.39 bits per heavy atom. The van der Waals surface area contributed by atoms with E-state index >= 15 is 0 Å². The molecule has 0 fully saturated rings. The van der Waals surface area contributed by atoms with Gasteiger partial charge in [-0.3, -0.25) is 14.7 Å². The fraction of sp³-hybridized carbons (Fsp3) is 0.417. The Kier molecular flexibility index (Phi) is 5.10. The first-order chi connectivity index (χ1) is 8.52. The van der Waals surface area contributed by atoms with Crippen LogP contribution in [0.1, 0.15) is 12.8 Å². The minimum absolute atomic E-state index is 0.0637. The van der Waals surface area contributed by atoms with E-state index in [0.717, 1.165) is 0 Å². The van der Waals surface area contributed by atoms with E-state index in [0.29, 0.717) is 18.7 Å². The first kappa shape index (κ1) is 14.0. The number of aromatic nitrogens is 1. The molecule has 0 bridgehead atoms. The predicted octanol–water partition coefficient (Wildman–Crippen LogP) is 1.43. The van der Waals surface area contributed by atoms with Gasteiger partial charge in [0, 0.05) is 33.3 Å². The maximum absolute atomic E-state index is 12.0. The van der Waals surface area contributed by atoms with Crippen LogP contribution in [0.4, 0.5) is 10.5 Å². The molecule has 1 aromatic rings. The Labute approximate surface area is 106 Å². The van der Waals surface area contributed by atoms with Gasteiger partial charge >= 0.3 is 12.0 Å². The standard InChI is InChI=1S/C12H17N3O3/c1-14(8-4-6-11(16)17)12(18)15(2)10-5-3-7-13-9-10/h3,5,7,9H,4,6,8H2,1-2H3,(H,16,17). The van der Waals surface area contributed by atoms with Gasteiger partial charge in [-0.2, -0.15) is 0 Å². The molecule has 6 heteroatoms. The zero-order chi connectivity index (χ0) is 13.5. The molecule has 1 rings (SSSR count). The summed E-state index contributed by atoms with van der Waals surface area (Å²) >= 11 is 0. The Hall–Kier alpha value is -2.11. The molecule has 1 heterocycles. The maximum Gasteiger partial charge on any atom is 0.324 e. The molecule has 0 unspecified atom stereocenters. The molecule has 0 saturated carbocycles. The van der Waals surface area contributed by atoms with Gasteiger partial charge in [0.2, 0.25) is 0 Å². The van der Waals surface area contributed by atoms with Gasteiger partial charge in [-0.15, -0.1) is 0 Å². The molecular formula is C12H17N3O3. The summed E-state index contributed by atoms with van der Waals surface area (Å²) in [5.74, 6) is -0.850. The van der Waals surface area contributed by atoms with Crippen molar-refractivity contribution in [3.8, 4) is 0 Å². The summed E-state index contributed by atoms with van der Waals surface area (Å²) < 4.78 is 0. The first-order valence-electron chi connectivity index (χ1n) is 5.63. The van der Waals surface area contributed by atoms with Crippen LogP contribution < -0.4 is 4.90 Å². The molecule has 0 radical (unpaired) electrons. The molecule has 1 N–H and O–H groups in total. The lowest BCUT2D eigenvalue weighted by molar-refractivity contribution is -0.137. The maximum atomic E-state index is 12.0. The number of pyridine rings is 1. The van der Waals surface area contributed by atoms with Gasteiger partial charge < -0.3 is 10.0 Å². The number of carboxylic acid groups (broad SMARTS) is 1. The summed E-state index contributed by atoms with van der Waals surface area (Å²) in [5, 5.41) is 8.53. The van der Waals surface area contributed by atoms with Crippen molar-refractivity contribution in [1.82, 2.24) is 9.88 Å². The SMILES string of the molecule is CN(CCCC(=O)O)C(=O)N(C)c1cccnc1. The third-order valence-corrected chi connectivity index (χ3v) is 2.53. The Morgan fingerprint density at radius 3 is 2.67 bits per heavy atom. The van der Waals surface area contributed by atoms with Crippen LogP contribution in [0.3, 0.4) is 0 Å². The van der Waals surface area contributed by atoms with Crippen LogP contribution in [-0.2, 0) is 4.79 Å². The van der Waals surface area contributed by atoms with Crippen molar-refractivity contribution in [2.45, 2.75) is 12.8 Å². The monoisotopic (exact) mass is 251 g/mol. The first-order valence-corrected chi connectivity index (χ1v) is 5.63. The Balaban J connectivity index is 2.50. The number of aliphatic carboxylic acids is 1. The second-order valence-corrected chi connectivity index (χ2v) is 3.97. The summed E-state index contributed by atoms with van der Waals surface area (Å²) in [6, 6.07) is 3.35. The van der Waals surface area contributed by atoms with Crippen molar-refractivity contribution in [2.24, 2.45) is 0 Å². The number of hydrogen-bond acceptors (Lipinski definition) is 3. The number of nitrogens with zero attached hydrogens (tertiary/aromatic N) is 3. The van der Waals surface area contributed by atoms with E-state index in [1.165, 1.54) is 9.80 Å². The van der Waals surface area contributed by atoms with Crippen molar-refractivity contribution >= 4 is 17.7 Å². The molecule has 0 atom stereocenters. The molecule has 1 aromatic heterocycles. The average Bonchev–Trinajstić information content (AvgIpc) is 2.37. The molecule has 2 amide bonds. The summed E-state index contributed by atoms with van der Waals surface area (Å²) in [5.41, 5.74) is 0.701. The van der Waals surface area contributed by atoms with E-state index in [1.54, 1.807) is 38.6 Å². The van der Waals surface area contributed by atoms with Gasteiger partial charge in [-0.1, -0.05) is 0 Å². The Bertz CT molecular complexity index is 408. The lowest BCUT2D eigenvalue weighted by atomic mass is 10.3. The zero-order valence-electron chi connectivity index (χ0n) is 10.5. The van der Waals surface area contributed by atoms with E-state index in [9.17, 15) is 9.59 Å². The predicted molar refractivity (Wildman–Crippen MR) is 67.5 cm³/mol. The lowest BCUT2D eigenvalue weighted by Gasteiger charge is -2.24. The molecule has 0 aromatic carbocycles. The third-order valence-electron chi connectivity index (χ3n) is 2.53. The quantitative estimate of drug-likeness (QED) is 0.859. The van der Waals surface area contributed by atoms with Crippen molar-refractivity contribution in [3.05, 3.63) is 24.5 Å². The number of carbonyl (C=O) groups excluding carboxylic acids is 1. The van der Waals surface area contributed by atoms with E-state index in [-0.39, 0.29) is 12.5 Å². The van der Waals surface area contributed by atoms with Crippen LogP contribution in [0.25, 0.3) is 0 Å². The highest BCUT2D eigenvalue weighted by Crippen LogP contribution is 2.11. The Morgan fingerprint density at radius 2 is 2.11 bits per heavy atom. The third kappa shape index (κ3) is 4.04. The number of rotatable bonds is 5. The zero-order valence-corrected chi connectivity index (χ0v) is 10.5. The highest BCUT2D eigenvalue weighted by molar-refractivity contribution is 5.91. The van der Waals surface area contributed by atoms with Crippen LogP contribution in [0.15, 0.2) is 24.5 Å². The summed E-state index contributed by atoms with van der Waals surface area (Å²) in [6.07, 6.45) is 3.74. The van der Waals surface area contributed by atoms with Crippen LogP contribution in [0, 0.1) is 0 Å². The highest BCUT2D eigenvalue weighted by Gasteiger charge is 2.15. The second-order valence-electron chi connectivity index (χ2n) is 3.97. The summed E-state index contributed by atoms with van der Waals surface area (Å²) in [4.78, 5) is 29.3. The van der Waals surface area contributed by atoms with Crippen LogP contribution in [-0.4, -0.2) is 47.6 Å². The topological polar surface area (TPSA) is 73.7 Å². The average molecular weight is 251 g/mol. The molecule has 0 spiro atoms. The van der Waals surface area contributed by atoms with Gasteiger partial charge in [0.05, 0.1) is 11.9 Å². The second kappa shape index (κ2) is 6.58. The van der Waals surface area contributed by atoms with Crippen LogP contribution in [0.2, 0.25) is 0 Å². The smallest absolute Gasteiger partial charge is 0.324 e. The minimum Gasteiger partial charge on any atom is -0.481 e. The van der Waals surface area contributed by atoms with Gasteiger partial charge in [-0.05, 0) is 18.6 Å². The molecule has 98 valence electrons. The lowest BCUT2D eigenvalue weighted by Crippen LogP contribution is -2.39. The van der Waals surface area contributed by atoms with E-state index in [4.69, 9.17) is 5.11 Å². The van der Waals surface area contributed by atoms with E-state index < -0.39 is 5.97 Å². The number of carbonyl (C=O) groups is 2. The normalized spacial score (nSPS) is 9.89.